The highest BCUT2D eigenvalue weighted by Gasteiger charge is 2.10. The Labute approximate surface area is 80.3 Å². The molecule has 74 valence electrons. The maximum Gasteiger partial charge on any atom is -0.0353 e. The predicted molar refractivity (Wildman–Crippen MR) is 61.6 cm³/mol. The molecule has 0 aromatic rings. The van der Waals surface area contributed by atoms with Crippen molar-refractivity contribution in [1.82, 2.24) is 0 Å². The predicted octanol–water partition coefficient (Wildman–Crippen LogP) is 4.15. The van der Waals surface area contributed by atoms with Gasteiger partial charge >= 0.3 is 0 Å². The molecule has 0 bridgehead atoms. The van der Waals surface area contributed by atoms with Gasteiger partial charge in [-0.1, -0.05) is 40.0 Å². The van der Waals surface area contributed by atoms with E-state index in [-0.39, 0.29) is 0 Å². The topological polar surface area (TPSA) is 0 Å². The van der Waals surface area contributed by atoms with Crippen molar-refractivity contribution in [2.45, 2.75) is 46.5 Å². The van der Waals surface area contributed by atoms with Crippen molar-refractivity contribution < 1.29 is 0 Å². The zero-order valence-electron chi connectivity index (χ0n) is 9.19. The van der Waals surface area contributed by atoms with E-state index in [0.717, 1.165) is 20.4 Å². The molecule has 3 atom stereocenters. The average molecular weight is 188 g/mol. The zero-order valence-corrected chi connectivity index (χ0v) is 10.2. The van der Waals surface area contributed by atoms with Crippen LogP contribution in [0.1, 0.15) is 46.5 Å². The van der Waals surface area contributed by atoms with Crippen molar-refractivity contribution in [3.63, 3.8) is 0 Å². The molecule has 3 unspecified atom stereocenters. The summed E-state index contributed by atoms with van der Waals surface area (Å²) in [6.45, 7) is 9.42. The van der Waals surface area contributed by atoms with Gasteiger partial charge in [-0.05, 0) is 31.1 Å². The monoisotopic (exact) mass is 188 g/mol. The standard InChI is InChI=1S/C11H25P/c1-5-6-7-10(2)11(3)8-9-12-4/h10-12H,5-9H2,1-4H3. The molecule has 0 spiro atoms. The summed E-state index contributed by atoms with van der Waals surface area (Å²) in [5.74, 6) is 1.89. The van der Waals surface area contributed by atoms with Gasteiger partial charge in [-0.15, -0.1) is 8.58 Å². The molecule has 0 fully saturated rings. The van der Waals surface area contributed by atoms with Gasteiger partial charge in [0.25, 0.3) is 0 Å². The van der Waals surface area contributed by atoms with Crippen molar-refractivity contribution in [3.8, 4) is 0 Å². The summed E-state index contributed by atoms with van der Waals surface area (Å²) in [5, 5.41) is 0. The van der Waals surface area contributed by atoms with Gasteiger partial charge in [-0.3, -0.25) is 0 Å². The van der Waals surface area contributed by atoms with Gasteiger partial charge < -0.3 is 0 Å². The molecule has 0 aromatic carbocycles. The highest BCUT2D eigenvalue weighted by molar-refractivity contribution is 7.36. The van der Waals surface area contributed by atoms with Crippen LogP contribution in [0.3, 0.4) is 0 Å². The summed E-state index contributed by atoms with van der Waals surface area (Å²) < 4.78 is 0. The van der Waals surface area contributed by atoms with Gasteiger partial charge in [0.2, 0.25) is 0 Å². The molecule has 0 radical (unpaired) electrons. The molecule has 0 aliphatic heterocycles. The molecule has 0 amide bonds. The number of hydrogen-bond donors (Lipinski definition) is 0. The second-order valence-electron chi connectivity index (χ2n) is 3.99. The molecule has 0 aromatic heterocycles. The van der Waals surface area contributed by atoms with Crippen LogP contribution in [0.25, 0.3) is 0 Å². The summed E-state index contributed by atoms with van der Waals surface area (Å²) in [5.41, 5.74) is 0. The largest absolute Gasteiger partial charge is 0.125 e. The van der Waals surface area contributed by atoms with Gasteiger partial charge in [0.15, 0.2) is 0 Å². The minimum absolute atomic E-state index is 0.946. The molecule has 0 saturated heterocycles. The van der Waals surface area contributed by atoms with Crippen LogP contribution in [-0.2, 0) is 0 Å². The van der Waals surface area contributed by atoms with Gasteiger partial charge in [0, 0.05) is 0 Å². The lowest BCUT2D eigenvalue weighted by Crippen LogP contribution is -2.08. The Morgan fingerprint density at radius 2 is 1.67 bits per heavy atom. The van der Waals surface area contributed by atoms with E-state index >= 15 is 0 Å². The van der Waals surface area contributed by atoms with E-state index in [4.69, 9.17) is 0 Å². The highest BCUT2D eigenvalue weighted by Crippen LogP contribution is 2.22. The molecule has 1 heteroatoms. The molecule has 0 aliphatic carbocycles. The minimum atomic E-state index is 0.946. The Bertz CT molecular complexity index is 79.0. The fourth-order valence-electron chi connectivity index (χ4n) is 1.47. The average Bonchev–Trinajstić information content (AvgIpc) is 2.10. The fraction of sp³-hybridized carbons (Fsp3) is 1.00. The molecule has 12 heavy (non-hydrogen) atoms. The second-order valence-corrected chi connectivity index (χ2v) is 5.20. The van der Waals surface area contributed by atoms with Crippen LogP contribution in [0.15, 0.2) is 0 Å². The third-order valence-corrected chi connectivity index (χ3v) is 3.62. The van der Waals surface area contributed by atoms with Gasteiger partial charge in [0.05, 0.1) is 0 Å². The normalized spacial score (nSPS) is 17.0. The number of hydrogen-bond acceptors (Lipinski definition) is 0. The van der Waals surface area contributed by atoms with Crippen LogP contribution in [0.4, 0.5) is 0 Å². The Hall–Kier alpha value is 0.430. The first-order chi connectivity index (χ1) is 5.72. The quantitative estimate of drug-likeness (QED) is 0.526. The van der Waals surface area contributed by atoms with Crippen LogP contribution >= 0.6 is 8.58 Å². The number of rotatable bonds is 7. The third-order valence-electron chi connectivity index (χ3n) is 2.83. The first kappa shape index (κ1) is 12.4. The minimum Gasteiger partial charge on any atom is -0.125 e. The zero-order chi connectivity index (χ0) is 9.40. The molecule has 0 rings (SSSR count). The van der Waals surface area contributed by atoms with Crippen molar-refractivity contribution in [2.75, 3.05) is 12.8 Å². The fourth-order valence-corrected chi connectivity index (χ4v) is 2.21. The van der Waals surface area contributed by atoms with E-state index in [2.05, 4.69) is 27.4 Å². The van der Waals surface area contributed by atoms with Crippen LogP contribution < -0.4 is 0 Å². The van der Waals surface area contributed by atoms with Crippen molar-refractivity contribution >= 4 is 8.58 Å². The van der Waals surface area contributed by atoms with Gasteiger partial charge in [0.1, 0.15) is 0 Å². The number of unbranched alkanes of at least 4 members (excludes halogenated alkanes) is 1. The van der Waals surface area contributed by atoms with Crippen molar-refractivity contribution in [3.05, 3.63) is 0 Å². The van der Waals surface area contributed by atoms with Crippen LogP contribution in [-0.4, -0.2) is 12.8 Å². The third kappa shape index (κ3) is 6.00. The Morgan fingerprint density at radius 3 is 2.17 bits per heavy atom. The molecule has 0 aliphatic rings. The summed E-state index contributed by atoms with van der Waals surface area (Å²) in [4.78, 5) is 0. The lowest BCUT2D eigenvalue weighted by Gasteiger charge is -2.19. The summed E-state index contributed by atoms with van der Waals surface area (Å²) in [6.07, 6.45) is 7.09. The van der Waals surface area contributed by atoms with E-state index in [1.165, 1.54) is 31.8 Å². The SMILES string of the molecule is CCCCC(C)C(C)CCPC. The highest BCUT2D eigenvalue weighted by atomic mass is 31.1. The summed E-state index contributed by atoms with van der Waals surface area (Å²) >= 11 is 0. The lowest BCUT2D eigenvalue weighted by atomic mass is 9.89. The van der Waals surface area contributed by atoms with Gasteiger partial charge in [-0.2, -0.15) is 0 Å². The molecular formula is C11H25P. The lowest BCUT2D eigenvalue weighted by molar-refractivity contribution is 0.348. The van der Waals surface area contributed by atoms with E-state index in [1.807, 2.05) is 0 Å². The van der Waals surface area contributed by atoms with Gasteiger partial charge in [-0.25, -0.2) is 0 Å². The maximum atomic E-state index is 2.42. The van der Waals surface area contributed by atoms with E-state index in [9.17, 15) is 0 Å². The van der Waals surface area contributed by atoms with Crippen molar-refractivity contribution in [2.24, 2.45) is 11.8 Å². The van der Waals surface area contributed by atoms with E-state index in [0.29, 0.717) is 0 Å². The second kappa shape index (κ2) is 8.05. The first-order valence-electron chi connectivity index (χ1n) is 5.37. The first-order valence-corrected chi connectivity index (χ1v) is 7.07. The Kier molecular flexibility index (Phi) is 8.34. The van der Waals surface area contributed by atoms with Crippen LogP contribution in [0.2, 0.25) is 0 Å². The molecule has 0 heterocycles. The Morgan fingerprint density at radius 1 is 1.08 bits per heavy atom. The smallest absolute Gasteiger partial charge is 0.0353 e. The van der Waals surface area contributed by atoms with Crippen LogP contribution in [0, 0.1) is 11.8 Å². The maximum absolute atomic E-state index is 2.42. The van der Waals surface area contributed by atoms with Crippen LogP contribution in [0.5, 0.6) is 0 Å². The molecular weight excluding hydrogens is 163 g/mol. The summed E-state index contributed by atoms with van der Waals surface area (Å²) in [6, 6.07) is 0. The molecule has 0 N–H and O–H groups in total. The van der Waals surface area contributed by atoms with Crippen molar-refractivity contribution in [1.29, 1.82) is 0 Å². The molecule has 0 saturated carbocycles. The summed E-state index contributed by atoms with van der Waals surface area (Å²) in [7, 11) is 1.15. The Balaban J connectivity index is 3.39. The molecule has 0 nitrogen and oxygen atoms in total. The van der Waals surface area contributed by atoms with E-state index in [1.54, 1.807) is 0 Å². The van der Waals surface area contributed by atoms with E-state index < -0.39 is 0 Å².